The van der Waals surface area contributed by atoms with Gasteiger partial charge in [0.05, 0.1) is 18.8 Å². The van der Waals surface area contributed by atoms with Crippen molar-refractivity contribution in [3.63, 3.8) is 0 Å². The second-order valence-electron chi connectivity index (χ2n) is 6.09. The zero-order valence-corrected chi connectivity index (χ0v) is 15.9. The molecule has 2 aromatic heterocycles. The summed E-state index contributed by atoms with van der Waals surface area (Å²) in [5, 5.41) is 10.7. The van der Waals surface area contributed by atoms with Gasteiger partial charge in [-0.25, -0.2) is 4.68 Å². The largest absolute Gasteiger partial charge is 0.494 e. The number of hydrogen-bond donors (Lipinski definition) is 1. The number of aryl methyl sites for hydroxylation is 1. The number of carbonyl (C=O) groups is 1. The molecule has 1 atom stereocenters. The molecule has 1 amide bonds. The van der Waals surface area contributed by atoms with Crippen LogP contribution < -0.4 is 15.6 Å². The molecule has 1 unspecified atom stereocenters. The van der Waals surface area contributed by atoms with Gasteiger partial charge >= 0.3 is 0 Å². The average molecular weight is 383 g/mol. The lowest BCUT2D eigenvalue weighted by molar-refractivity contribution is -0.124. The lowest BCUT2D eigenvalue weighted by Gasteiger charge is -2.14. The Hall–Kier alpha value is -3.49. The number of amides is 1. The summed E-state index contributed by atoms with van der Waals surface area (Å²) in [5.74, 6) is 1.15. The van der Waals surface area contributed by atoms with Crippen LogP contribution in [0.3, 0.4) is 0 Å². The number of aromatic nitrogens is 4. The van der Waals surface area contributed by atoms with Crippen molar-refractivity contribution in [2.24, 2.45) is 0 Å². The lowest BCUT2D eigenvalue weighted by Crippen LogP contribution is -2.36. The van der Waals surface area contributed by atoms with E-state index >= 15 is 0 Å². The lowest BCUT2D eigenvalue weighted by atomic mass is 10.1. The van der Waals surface area contributed by atoms with Crippen LogP contribution in [-0.2, 0) is 11.3 Å². The van der Waals surface area contributed by atoms with E-state index in [4.69, 9.17) is 9.26 Å². The molecular weight excluding hydrogens is 362 g/mol. The van der Waals surface area contributed by atoms with Gasteiger partial charge < -0.3 is 14.6 Å². The Morgan fingerprint density at radius 3 is 2.64 bits per heavy atom. The van der Waals surface area contributed by atoms with Crippen molar-refractivity contribution in [2.45, 2.75) is 33.4 Å². The highest BCUT2D eigenvalue weighted by atomic mass is 16.5. The number of hydrogen-bond acceptors (Lipinski definition) is 7. The van der Waals surface area contributed by atoms with Gasteiger partial charge in [0.15, 0.2) is 5.82 Å². The summed E-state index contributed by atoms with van der Waals surface area (Å²) in [6.07, 6.45) is 0. The molecule has 3 rings (SSSR count). The molecule has 0 saturated carbocycles. The maximum Gasteiger partial charge on any atom is 0.267 e. The molecule has 2 heterocycles. The smallest absolute Gasteiger partial charge is 0.267 e. The minimum atomic E-state index is -0.806. The van der Waals surface area contributed by atoms with Crippen LogP contribution >= 0.6 is 0 Å². The Morgan fingerprint density at radius 2 is 2.00 bits per heavy atom. The zero-order valence-electron chi connectivity index (χ0n) is 15.9. The molecule has 3 aromatic rings. The molecule has 1 aromatic carbocycles. The summed E-state index contributed by atoms with van der Waals surface area (Å²) in [6, 6.07) is 9.58. The van der Waals surface area contributed by atoms with Gasteiger partial charge in [-0.3, -0.25) is 9.59 Å². The predicted octanol–water partition coefficient (Wildman–Crippen LogP) is 1.88. The molecule has 0 bridgehead atoms. The van der Waals surface area contributed by atoms with Crippen molar-refractivity contribution in [2.75, 3.05) is 6.61 Å². The third kappa shape index (κ3) is 4.43. The van der Waals surface area contributed by atoms with Gasteiger partial charge in [0.25, 0.3) is 5.56 Å². The van der Waals surface area contributed by atoms with E-state index in [-0.39, 0.29) is 18.0 Å². The quantitative estimate of drug-likeness (QED) is 0.663. The minimum Gasteiger partial charge on any atom is -0.494 e. The molecule has 0 spiro atoms. The Balaban J connectivity index is 1.76. The molecule has 0 saturated heterocycles. The third-order valence-corrected chi connectivity index (χ3v) is 4.02. The fourth-order valence-electron chi connectivity index (χ4n) is 2.58. The van der Waals surface area contributed by atoms with E-state index in [0.717, 1.165) is 16.0 Å². The van der Waals surface area contributed by atoms with Crippen LogP contribution in [0.25, 0.3) is 11.3 Å². The van der Waals surface area contributed by atoms with Crippen molar-refractivity contribution in [1.29, 1.82) is 0 Å². The Labute approximate surface area is 161 Å². The molecular formula is C19H21N5O4. The second-order valence-corrected chi connectivity index (χ2v) is 6.09. The topological polar surface area (TPSA) is 112 Å². The van der Waals surface area contributed by atoms with Crippen LogP contribution in [0, 0.1) is 6.92 Å². The number of rotatable bonds is 7. The van der Waals surface area contributed by atoms with Gasteiger partial charge in [-0.1, -0.05) is 5.16 Å². The van der Waals surface area contributed by atoms with Crippen molar-refractivity contribution in [1.82, 2.24) is 25.2 Å². The van der Waals surface area contributed by atoms with Gasteiger partial charge in [-0.2, -0.15) is 10.1 Å². The summed E-state index contributed by atoms with van der Waals surface area (Å²) in [7, 11) is 0. The minimum absolute atomic E-state index is 0.0807. The van der Waals surface area contributed by atoms with Gasteiger partial charge in [0.1, 0.15) is 11.8 Å². The predicted molar refractivity (Wildman–Crippen MR) is 101 cm³/mol. The Morgan fingerprint density at radius 1 is 1.25 bits per heavy atom. The number of ether oxygens (including phenoxy) is 1. The molecule has 146 valence electrons. The summed E-state index contributed by atoms with van der Waals surface area (Å²) < 4.78 is 11.5. The summed E-state index contributed by atoms with van der Waals surface area (Å²) in [4.78, 5) is 28.7. The molecule has 0 aliphatic carbocycles. The van der Waals surface area contributed by atoms with Crippen molar-refractivity contribution < 1.29 is 14.1 Å². The molecule has 0 fully saturated rings. The fourth-order valence-corrected chi connectivity index (χ4v) is 2.58. The van der Waals surface area contributed by atoms with Crippen molar-refractivity contribution in [3.05, 3.63) is 58.5 Å². The highest BCUT2D eigenvalue weighted by Crippen LogP contribution is 2.20. The van der Waals surface area contributed by atoms with E-state index in [9.17, 15) is 9.59 Å². The number of nitrogens with zero attached hydrogens (tertiary/aromatic N) is 4. The highest BCUT2D eigenvalue weighted by molar-refractivity contribution is 5.79. The maximum absolute atomic E-state index is 12.4. The number of nitrogens with one attached hydrogen (secondary N) is 1. The first-order valence-corrected chi connectivity index (χ1v) is 8.88. The Kier molecular flexibility index (Phi) is 5.83. The average Bonchev–Trinajstić information content (AvgIpc) is 3.12. The van der Waals surface area contributed by atoms with E-state index in [1.54, 1.807) is 19.9 Å². The van der Waals surface area contributed by atoms with Gasteiger partial charge in [0, 0.05) is 11.6 Å². The summed E-state index contributed by atoms with van der Waals surface area (Å²) in [6.45, 7) is 5.87. The van der Waals surface area contributed by atoms with E-state index in [0.29, 0.717) is 24.0 Å². The number of carbonyl (C=O) groups excluding carboxylic acids is 1. The Bertz CT molecular complexity index is 1010. The van der Waals surface area contributed by atoms with E-state index in [1.165, 1.54) is 6.07 Å². The second kappa shape index (κ2) is 8.47. The molecule has 28 heavy (non-hydrogen) atoms. The van der Waals surface area contributed by atoms with Gasteiger partial charge in [0.2, 0.25) is 11.8 Å². The fraction of sp³-hybridized carbons (Fsp3) is 0.316. The highest BCUT2D eigenvalue weighted by Gasteiger charge is 2.18. The van der Waals surface area contributed by atoms with Crippen LogP contribution in [0.4, 0.5) is 0 Å². The van der Waals surface area contributed by atoms with E-state index < -0.39 is 6.04 Å². The first-order chi connectivity index (χ1) is 13.5. The first kappa shape index (κ1) is 19.3. The van der Waals surface area contributed by atoms with Crippen LogP contribution in [0.15, 0.2) is 45.7 Å². The normalized spacial score (nSPS) is 11.8. The monoisotopic (exact) mass is 383 g/mol. The van der Waals surface area contributed by atoms with Gasteiger partial charge in [-0.05, 0) is 51.1 Å². The molecule has 0 aliphatic rings. The van der Waals surface area contributed by atoms with Crippen LogP contribution in [-0.4, -0.2) is 32.4 Å². The molecule has 0 aliphatic heterocycles. The third-order valence-electron chi connectivity index (χ3n) is 4.02. The van der Waals surface area contributed by atoms with Crippen LogP contribution in [0.1, 0.15) is 31.6 Å². The summed E-state index contributed by atoms with van der Waals surface area (Å²) in [5.41, 5.74) is 1.02. The van der Waals surface area contributed by atoms with Crippen LogP contribution in [0.5, 0.6) is 5.75 Å². The van der Waals surface area contributed by atoms with E-state index in [2.05, 4.69) is 20.6 Å². The maximum atomic E-state index is 12.4. The van der Waals surface area contributed by atoms with Crippen molar-refractivity contribution in [3.8, 4) is 17.0 Å². The SMILES string of the molecule is CCOc1ccc(-c2ccc(=O)n(C(C)C(=O)NCc3nc(C)no3)n2)cc1. The van der Waals surface area contributed by atoms with Gasteiger partial charge in [-0.15, -0.1) is 0 Å². The standard InChI is InChI=1S/C19H21N5O4/c1-4-27-15-7-5-14(6-8-15)16-9-10-18(25)24(22-16)12(2)19(26)20-11-17-21-13(3)23-28-17/h5-10,12H,4,11H2,1-3H3,(H,20,26). The number of benzene rings is 1. The molecule has 9 heteroatoms. The van der Waals surface area contributed by atoms with Crippen molar-refractivity contribution >= 4 is 5.91 Å². The van der Waals surface area contributed by atoms with E-state index in [1.807, 2.05) is 31.2 Å². The summed E-state index contributed by atoms with van der Waals surface area (Å²) >= 11 is 0. The molecule has 9 nitrogen and oxygen atoms in total. The van der Waals surface area contributed by atoms with Crippen LogP contribution in [0.2, 0.25) is 0 Å². The molecule has 0 radical (unpaired) electrons. The zero-order chi connectivity index (χ0) is 20.1. The first-order valence-electron chi connectivity index (χ1n) is 8.88. The molecule has 1 N–H and O–H groups in total.